The molecule has 3 rings (SSSR count). The first-order valence-corrected chi connectivity index (χ1v) is 8.91. The number of amides is 3. The second kappa shape index (κ2) is 8.14. The molecule has 27 heavy (non-hydrogen) atoms. The smallest absolute Gasteiger partial charge is 0.261 e. The van der Waals surface area contributed by atoms with Gasteiger partial charge in [-0.05, 0) is 31.8 Å². The number of hydrogen-bond donors (Lipinski definition) is 1. The summed E-state index contributed by atoms with van der Waals surface area (Å²) in [6.45, 7) is 0.727. The third-order valence-corrected chi connectivity index (χ3v) is 4.53. The lowest BCUT2D eigenvalue weighted by molar-refractivity contribution is -0.122. The summed E-state index contributed by atoms with van der Waals surface area (Å²) in [5.41, 5.74) is 1.82. The summed E-state index contributed by atoms with van der Waals surface area (Å²) in [7, 11) is 3.89. The second-order valence-electron chi connectivity index (χ2n) is 6.85. The van der Waals surface area contributed by atoms with Crippen molar-refractivity contribution in [1.29, 1.82) is 0 Å². The molecule has 0 aliphatic carbocycles. The Kier molecular flexibility index (Phi) is 5.66. The lowest BCUT2D eigenvalue weighted by atomic mass is 10.1. The van der Waals surface area contributed by atoms with E-state index in [0.717, 1.165) is 10.5 Å². The highest BCUT2D eigenvalue weighted by Gasteiger charge is 2.35. The number of nitrogens with zero attached hydrogens (tertiary/aromatic N) is 2. The van der Waals surface area contributed by atoms with E-state index >= 15 is 0 Å². The zero-order valence-corrected chi connectivity index (χ0v) is 15.5. The van der Waals surface area contributed by atoms with Crippen LogP contribution < -0.4 is 5.32 Å². The van der Waals surface area contributed by atoms with Crippen LogP contribution in [-0.4, -0.2) is 54.7 Å². The van der Waals surface area contributed by atoms with Gasteiger partial charge in [0.05, 0.1) is 17.2 Å². The van der Waals surface area contributed by atoms with E-state index in [0.29, 0.717) is 17.7 Å². The van der Waals surface area contributed by atoms with Crippen LogP contribution >= 0.6 is 0 Å². The molecule has 3 amide bonds. The number of imide groups is 1. The first kappa shape index (κ1) is 18.8. The SMILES string of the molecule is CN(C)CC(NC(=O)CCN1C(=O)c2ccccc2C1=O)c1ccccc1. The zero-order valence-electron chi connectivity index (χ0n) is 15.5. The predicted molar refractivity (Wildman–Crippen MR) is 102 cm³/mol. The Morgan fingerprint density at radius 1 is 0.963 bits per heavy atom. The average molecular weight is 365 g/mol. The summed E-state index contributed by atoms with van der Waals surface area (Å²) >= 11 is 0. The number of fused-ring (bicyclic) bond motifs is 1. The molecular weight excluding hydrogens is 342 g/mol. The van der Waals surface area contributed by atoms with Gasteiger partial charge in [-0.1, -0.05) is 42.5 Å². The van der Waals surface area contributed by atoms with E-state index < -0.39 is 0 Å². The van der Waals surface area contributed by atoms with Crippen molar-refractivity contribution in [1.82, 2.24) is 15.1 Å². The van der Waals surface area contributed by atoms with Gasteiger partial charge in [0.15, 0.2) is 0 Å². The Morgan fingerprint density at radius 3 is 2.07 bits per heavy atom. The van der Waals surface area contributed by atoms with Crippen molar-refractivity contribution in [3.63, 3.8) is 0 Å². The Hall–Kier alpha value is -2.99. The third kappa shape index (κ3) is 4.23. The Balaban J connectivity index is 1.62. The summed E-state index contributed by atoms with van der Waals surface area (Å²) < 4.78 is 0. The molecule has 0 radical (unpaired) electrons. The first-order valence-electron chi connectivity index (χ1n) is 8.91. The molecule has 140 valence electrons. The maximum Gasteiger partial charge on any atom is 0.261 e. The maximum atomic E-state index is 12.5. The van der Waals surface area contributed by atoms with Crippen molar-refractivity contribution in [3.8, 4) is 0 Å². The summed E-state index contributed by atoms with van der Waals surface area (Å²) in [6, 6.07) is 16.3. The molecule has 6 heteroatoms. The van der Waals surface area contributed by atoms with Crippen molar-refractivity contribution in [2.45, 2.75) is 12.5 Å². The monoisotopic (exact) mass is 365 g/mol. The topological polar surface area (TPSA) is 69.7 Å². The summed E-state index contributed by atoms with van der Waals surface area (Å²) in [5, 5.41) is 3.01. The molecule has 1 atom stereocenters. The van der Waals surface area contributed by atoms with Crippen LogP contribution in [0.1, 0.15) is 38.7 Å². The molecular formula is C21H23N3O3. The summed E-state index contributed by atoms with van der Waals surface area (Å²) in [6.07, 6.45) is 0.0717. The van der Waals surface area contributed by atoms with Gasteiger partial charge in [-0.25, -0.2) is 0 Å². The molecule has 1 N–H and O–H groups in total. The minimum Gasteiger partial charge on any atom is -0.348 e. The number of benzene rings is 2. The standard InChI is InChI=1S/C21H23N3O3/c1-23(2)14-18(15-8-4-3-5-9-15)22-19(25)12-13-24-20(26)16-10-6-7-11-17(16)21(24)27/h3-11,18H,12-14H2,1-2H3,(H,22,25). The van der Waals surface area contributed by atoms with E-state index in [9.17, 15) is 14.4 Å². The van der Waals surface area contributed by atoms with Crippen LogP contribution in [0.4, 0.5) is 0 Å². The van der Waals surface area contributed by atoms with Crippen LogP contribution in [0, 0.1) is 0 Å². The quantitative estimate of drug-likeness (QED) is 0.763. The molecule has 0 fully saturated rings. The molecule has 1 unspecified atom stereocenters. The van der Waals surface area contributed by atoms with Gasteiger partial charge in [0.2, 0.25) is 5.91 Å². The predicted octanol–water partition coefficient (Wildman–Crippen LogP) is 2.09. The molecule has 2 aromatic carbocycles. The molecule has 1 aliphatic rings. The number of carbonyl (C=O) groups excluding carboxylic acids is 3. The van der Waals surface area contributed by atoms with Crippen molar-refractivity contribution in [2.24, 2.45) is 0 Å². The Bertz CT molecular complexity index is 814. The second-order valence-corrected chi connectivity index (χ2v) is 6.85. The summed E-state index contributed by atoms with van der Waals surface area (Å²) in [4.78, 5) is 40.4. The fourth-order valence-electron chi connectivity index (χ4n) is 3.21. The van der Waals surface area contributed by atoms with Crippen LogP contribution in [0.3, 0.4) is 0 Å². The zero-order chi connectivity index (χ0) is 19.4. The van der Waals surface area contributed by atoms with Gasteiger partial charge >= 0.3 is 0 Å². The van der Waals surface area contributed by atoms with E-state index in [-0.39, 0.29) is 36.7 Å². The number of carbonyl (C=O) groups is 3. The normalized spacial score (nSPS) is 14.4. The third-order valence-electron chi connectivity index (χ3n) is 4.53. The van der Waals surface area contributed by atoms with E-state index in [4.69, 9.17) is 0 Å². The number of rotatable bonds is 7. The highest BCUT2D eigenvalue weighted by atomic mass is 16.2. The molecule has 2 aromatic rings. The van der Waals surface area contributed by atoms with Crippen molar-refractivity contribution < 1.29 is 14.4 Å². The number of hydrogen-bond acceptors (Lipinski definition) is 4. The van der Waals surface area contributed by atoms with Gasteiger partial charge < -0.3 is 10.2 Å². The van der Waals surface area contributed by atoms with Crippen molar-refractivity contribution in [3.05, 3.63) is 71.3 Å². The maximum absolute atomic E-state index is 12.5. The van der Waals surface area contributed by atoms with Crippen LogP contribution in [0.5, 0.6) is 0 Å². The molecule has 6 nitrogen and oxygen atoms in total. The van der Waals surface area contributed by atoms with Gasteiger partial charge in [-0.15, -0.1) is 0 Å². The molecule has 1 aliphatic heterocycles. The molecule has 0 spiro atoms. The molecule has 0 saturated carbocycles. The van der Waals surface area contributed by atoms with Crippen molar-refractivity contribution in [2.75, 3.05) is 27.2 Å². The fourth-order valence-corrected chi connectivity index (χ4v) is 3.21. The molecule has 0 saturated heterocycles. The Labute approximate surface area is 158 Å². The molecule has 0 bridgehead atoms. The fraction of sp³-hybridized carbons (Fsp3) is 0.286. The Morgan fingerprint density at radius 2 is 1.52 bits per heavy atom. The lowest BCUT2D eigenvalue weighted by Crippen LogP contribution is -2.38. The van der Waals surface area contributed by atoms with E-state index in [2.05, 4.69) is 5.32 Å². The minimum atomic E-state index is -0.337. The highest BCUT2D eigenvalue weighted by molar-refractivity contribution is 6.21. The lowest BCUT2D eigenvalue weighted by Gasteiger charge is -2.23. The van der Waals surface area contributed by atoms with Gasteiger partial charge in [0.25, 0.3) is 11.8 Å². The van der Waals surface area contributed by atoms with E-state index in [1.165, 1.54) is 0 Å². The van der Waals surface area contributed by atoms with Gasteiger partial charge in [0.1, 0.15) is 0 Å². The van der Waals surface area contributed by atoms with Gasteiger partial charge in [-0.3, -0.25) is 19.3 Å². The van der Waals surface area contributed by atoms with Crippen LogP contribution in [0.25, 0.3) is 0 Å². The summed E-state index contributed by atoms with van der Waals surface area (Å²) in [5.74, 6) is -0.866. The number of likely N-dealkylation sites (N-methyl/N-ethyl adjacent to an activating group) is 1. The average Bonchev–Trinajstić information content (AvgIpc) is 2.91. The van der Waals surface area contributed by atoms with Gasteiger partial charge in [0, 0.05) is 19.5 Å². The van der Waals surface area contributed by atoms with Crippen LogP contribution in [0.15, 0.2) is 54.6 Å². The number of nitrogens with one attached hydrogen (secondary N) is 1. The van der Waals surface area contributed by atoms with Gasteiger partial charge in [-0.2, -0.15) is 0 Å². The van der Waals surface area contributed by atoms with Crippen LogP contribution in [0.2, 0.25) is 0 Å². The van der Waals surface area contributed by atoms with Crippen molar-refractivity contribution >= 4 is 17.7 Å². The minimum absolute atomic E-state index is 0.0711. The highest BCUT2D eigenvalue weighted by Crippen LogP contribution is 2.22. The van der Waals surface area contributed by atoms with E-state index in [1.54, 1.807) is 24.3 Å². The van der Waals surface area contributed by atoms with Crippen LogP contribution in [-0.2, 0) is 4.79 Å². The largest absolute Gasteiger partial charge is 0.348 e. The molecule has 1 heterocycles. The first-order chi connectivity index (χ1) is 13.0. The van der Waals surface area contributed by atoms with E-state index in [1.807, 2.05) is 49.3 Å². The molecule has 0 aromatic heterocycles.